The molecule has 3 nitrogen and oxygen atoms in total. The van der Waals surface area contributed by atoms with Crippen molar-refractivity contribution in [2.24, 2.45) is 0 Å². The molecular formula is C22H15FN2O. The molecule has 126 valence electrons. The molecule has 4 rings (SSSR count). The predicted octanol–water partition coefficient (Wildman–Crippen LogP) is 5.11. The molecule has 4 aromatic rings. The normalized spacial score (nSPS) is 10.7. The van der Waals surface area contributed by atoms with E-state index in [9.17, 15) is 9.18 Å². The highest BCUT2D eigenvalue weighted by atomic mass is 19.1. The van der Waals surface area contributed by atoms with E-state index >= 15 is 0 Å². The standard InChI is InChI=1S/C22H15FN2O/c23-20-9-5-4-8-17(20)19-14-16(21(26)15-6-2-1-3-7-15)10-11-18(19)22-24-12-13-25-22/h1-14H,(H,24,25). The van der Waals surface area contributed by atoms with Crippen molar-refractivity contribution in [1.82, 2.24) is 9.97 Å². The van der Waals surface area contributed by atoms with Crippen molar-refractivity contribution in [1.29, 1.82) is 0 Å². The number of ketones is 1. The van der Waals surface area contributed by atoms with Crippen molar-refractivity contribution in [3.8, 4) is 22.5 Å². The van der Waals surface area contributed by atoms with Crippen LogP contribution < -0.4 is 0 Å². The van der Waals surface area contributed by atoms with E-state index in [4.69, 9.17) is 0 Å². The molecule has 0 aliphatic carbocycles. The molecule has 0 atom stereocenters. The molecule has 3 aromatic carbocycles. The van der Waals surface area contributed by atoms with Crippen LogP contribution in [0, 0.1) is 5.82 Å². The first-order valence-electron chi connectivity index (χ1n) is 8.22. The molecule has 0 radical (unpaired) electrons. The quantitative estimate of drug-likeness (QED) is 0.524. The van der Waals surface area contributed by atoms with Gasteiger partial charge in [-0.15, -0.1) is 0 Å². The second kappa shape index (κ2) is 6.76. The highest BCUT2D eigenvalue weighted by molar-refractivity contribution is 6.10. The van der Waals surface area contributed by atoms with E-state index < -0.39 is 0 Å². The number of hydrogen-bond donors (Lipinski definition) is 1. The van der Waals surface area contributed by atoms with Gasteiger partial charge in [-0.25, -0.2) is 9.37 Å². The monoisotopic (exact) mass is 342 g/mol. The fraction of sp³-hybridized carbons (Fsp3) is 0. The average molecular weight is 342 g/mol. The van der Waals surface area contributed by atoms with Gasteiger partial charge in [0, 0.05) is 34.6 Å². The first-order valence-corrected chi connectivity index (χ1v) is 8.22. The van der Waals surface area contributed by atoms with Gasteiger partial charge in [0.1, 0.15) is 11.6 Å². The molecule has 0 amide bonds. The van der Waals surface area contributed by atoms with E-state index in [0.717, 1.165) is 5.56 Å². The highest BCUT2D eigenvalue weighted by Gasteiger charge is 2.16. The van der Waals surface area contributed by atoms with Gasteiger partial charge in [-0.2, -0.15) is 0 Å². The molecule has 0 fully saturated rings. The Bertz CT molecular complexity index is 1060. The Morgan fingerprint density at radius 1 is 0.808 bits per heavy atom. The molecule has 4 heteroatoms. The number of aromatic nitrogens is 2. The van der Waals surface area contributed by atoms with Gasteiger partial charge >= 0.3 is 0 Å². The maximum absolute atomic E-state index is 14.4. The Morgan fingerprint density at radius 3 is 2.31 bits per heavy atom. The smallest absolute Gasteiger partial charge is 0.193 e. The summed E-state index contributed by atoms with van der Waals surface area (Å²) in [6.45, 7) is 0. The lowest BCUT2D eigenvalue weighted by Gasteiger charge is -2.11. The fourth-order valence-corrected chi connectivity index (χ4v) is 2.96. The Morgan fingerprint density at radius 2 is 1.58 bits per heavy atom. The lowest BCUT2D eigenvalue weighted by molar-refractivity contribution is 0.103. The zero-order valence-electron chi connectivity index (χ0n) is 13.8. The predicted molar refractivity (Wildman–Crippen MR) is 99.3 cm³/mol. The summed E-state index contributed by atoms with van der Waals surface area (Å²) in [6.07, 6.45) is 3.35. The SMILES string of the molecule is O=C(c1ccccc1)c1ccc(-c2ncc[nH]2)c(-c2ccccc2F)c1. The van der Waals surface area contributed by atoms with Gasteiger partial charge in [-0.1, -0.05) is 54.6 Å². The third-order valence-electron chi connectivity index (χ3n) is 4.24. The maximum Gasteiger partial charge on any atom is 0.193 e. The second-order valence-electron chi connectivity index (χ2n) is 5.87. The lowest BCUT2D eigenvalue weighted by Crippen LogP contribution is -2.02. The molecule has 0 bridgehead atoms. The number of carbonyl (C=O) groups is 1. The molecule has 0 aliphatic rings. The van der Waals surface area contributed by atoms with Crippen LogP contribution in [0.25, 0.3) is 22.5 Å². The van der Waals surface area contributed by atoms with E-state index in [2.05, 4.69) is 9.97 Å². The Kier molecular flexibility index (Phi) is 4.15. The van der Waals surface area contributed by atoms with Crippen molar-refractivity contribution in [2.45, 2.75) is 0 Å². The Labute approximate surface area is 150 Å². The minimum atomic E-state index is -0.343. The van der Waals surface area contributed by atoms with E-state index in [1.54, 1.807) is 60.9 Å². The molecule has 0 aliphatic heterocycles. The Balaban J connectivity index is 1.89. The summed E-state index contributed by atoms with van der Waals surface area (Å²) in [5.74, 6) is 0.181. The van der Waals surface area contributed by atoms with Gasteiger partial charge in [0.05, 0.1) is 0 Å². The van der Waals surface area contributed by atoms with Gasteiger partial charge in [0.25, 0.3) is 0 Å². The van der Waals surface area contributed by atoms with Gasteiger partial charge in [0.2, 0.25) is 0 Å². The summed E-state index contributed by atoms with van der Waals surface area (Å²) >= 11 is 0. The molecule has 0 spiro atoms. The van der Waals surface area contributed by atoms with E-state index in [-0.39, 0.29) is 11.6 Å². The summed E-state index contributed by atoms with van der Waals surface area (Å²) in [5.41, 5.74) is 2.90. The molecule has 26 heavy (non-hydrogen) atoms. The lowest BCUT2D eigenvalue weighted by atomic mass is 9.93. The zero-order valence-corrected chi connectivity index (χ0v) is 13.8. The van der Waals surface area contributed by atoms with Crippen LogP contribution in [0.1, 0.15) is 15.9 Å². The number of halogens is 1. The second-order valence-corrected chi connectivity index (χ2v) is 5.87. The van der Waals surface area contributed by atoms with Crippen LogP contribution in [0.4, 0.5) is 4.39 Å². The number of imidazole rings is 1. The Hall–Kier alpha value is -3.53. The number of benzene rings is 3. The molecule has 0 saturated carbocycles. The third kappa shape index (κ3) is 2.93. The average Bonchev–Trinajstić information content (AvgIpc) is 3.23. The number of hydrogen-bond acceptors (Lipinski definition) is 2. The molecule has 0 saturated heterocycles. The zero-order chi connectivity index (χ0) is 17.9. The number of aromatic amines is 1. The first kappa shape index (κ1) is 16.0. The number of H-pyrrole nitrogens is 1. The summed E-state index contributed by atoms with van der Waals surface area (Å²) in [4.78, 5) is 20.1. The molecule has 1 heterocycles. The fourth-order valence-electron chi connectivity index (χ4n) is 2.96. The first-order chi connectivity index (χ1) is 12.7. The number of nitrogens with one attached hydrogen (secondary N) is 1. The summed E-state index contributed by atoms with van der Waals surface area (Å²) in [6, 6.07) is 20.9. The number of rotatable bonds is 4. The third-order valence-corrected chi connectivity index (χ3v) is 4.24. The van der Waals surface area contributed by atoms with Crippen molar-refractivity contribution >= 4 is 5.78 Å². The summed E-state index contributed by atoms with van der Waals surface area (Å²) in [5, 5.41) is 0. The van der Waals surface area contributed by atoms with Crippen LogP contribution in [0.15, 0.2) is 85.2 Å². The van der Waals surface area contributed by atoms with Crippen LogP contribution in [0.5, 0.6) is 0 Å². The van der Waals surface area contributed by atoms with Crippen LogP contribution in [0.2, 0.25) is 0 Å². The van der Waals surface area contributed by atoms with Crippen molar-refractivity contribution in [3.05, 3.63) is 102 Å². The van der Waals surface area contributed by atoms with Gasteiger partial charge in [0.15, 0.2) is 5.78 Å². The van der Waals surface area contributed by atoms with Crippen molar-refractivity contribution in [2.75, 3.05) is 0 Å². The molecule has 1 aromatic heterocycles. The van der Waals surface area contributed by atoms with Crippen molar-refractivity contribution < 1.29 is 9.18 Å². The van der Waals surface area contributed by atoms with E-state index in [1.807, 2.05) is 18.2 Å². The van der Waals surface area contributed by atoms with Crippen molar-refractivity contribution in [3.63, 3.8) is 0 Å². The number of carbonyl (C=O) groups excluding carboxylic acids is 1. The van der Waals surface area contributed by atoms with Crippen LogP contribution in [-0.4, -0.2) is 15.8 Å². The van der Waals surface area contributed by atoms with Crippen LogP contribution in [0.3, 0.4) is 0 Å². The number of nitrogens with zero attached hydrogens (tertiary/aromatic N) is 1. The van der Waals surface area contributed by atoms with Crippen LogP contribution in [-0.2, 0) is 0 Å². The molecular weight excluding hydrogens is 327 g/mol. The minimum absolute atomic E-state index is 0.103. The summed E-state index contributed by atoms with van der Waals surface area (Å²) in [7, 11) is 0. The van der Waals surface area contributed by atoms with E-state index in [0.29, 0.717) is 28.1 Å². The summed E-state index contributed by atoms with van der Waals surface area (Å²) < 4.78 is 14.4. The van der Waals surface area contributed by atoms with Crippen LogP contribution >= 0.6 is 0 Å². The largest absolute Gasteiger partial charge is 0.345 e. The highest BCUT2D eigenvalue weighted by Crippen LogP contribution is 2.33. The minimum Gasteiger partial charge on any atom is -0.345 e. The van der Waals surface area contributed by atoms with Gasteiger partial charge in [-0.3, -0.25) is 4.79 Å². The van der Waals surface area contributed by atoms with Gasteiger partial charge < -0.3 is 4.98 Å². The molecule has 1 N–H and O–H groups in total. The topological polar surface area (TPSA) is 45.8 Å². The van der Waals surface area contributed by atoms with Gasteiger partial charge in [-0.05, 0) is 23.8 Å². The maximum atomic E-state index is 14.4. The molecule has 0 unspecified atom stereocenters. The van der Waals surface area contributed by atoms with E-state index in [1.165, 1.54) is 6.07 Å².